The molecule has 0 bridgehead atoms. The molecular formula is C11H13ClN2O. The van der Waals surface area contributed by atoms with E-state index < -0.39 is 0 Å². The normalized spacial score (nSPS) is 20.3. The van der Waals surface area contributed by atoms with Crippen LogP contribution in [0.25, 0.3) is 0 Å². The number of hydrogen-bond acceptors (Lipinski definition) is 2. The molecule has 0 radical (unpaired) electrons. The van der Waals surface area contributed by atoms with Gasteiger partial charge in [-0.15, -0.1) is 0 Å². The molecule has 1 atom stereocenters. The van der Waals surface area contributed by atoms with Gasteiger partial charge < -0.3 is 10.6 Å². The van der Waals surface area contributed by atoms with Crippen molar-refractivity contribution >= 4 is 17.5 Å². The van der Waals surface area contributed by atoms with Gasteiger partial charge >= 0.3 is 0 Å². The van der Waals surface area contributed by atoms with Gasteiger partial charge in [-0.05, 0) is 11.6 Å². The number of rotatable bonds is 3. The lowest BCUT2D eigenvalue weighted by Crippen LogP contribution is -2.30. The lowest BCUT2D eigenvalue weighted by Gasteiger charge is -2.10. The maximum absolute atomic E-state index is 11.0. The van der Waals surface area contributed by atoms with E-state index in [0.29, 0.717) is 19.5 Å². The zero-order valence-electron chi connectivity index (χ0n) is 8.29. The van der Waals surface area contributed by atoms with Gasteiger partial charge in [0.25, 0.3) is 0 Å². The molecule has 1 heterocycles. The fourth-order valence-corrected chi connectivity index (χ4v) is 1.85. The third kappa shape index (κ3) is 2.70. The van der Waals surface area contributed by atoms with Crippen LogP contribution >= 0.6 is 11.6 Å². The molecule has 0 saturated carbocycles. The van der Waals surface area contributed by atoms with Gasteiger partial charge in [0, 0.05) is 30.6 Å². The topological polar surface area (TPSA) is 41.1 Å². The van der Waals surface area contributed by atoms with Gasteiger partial charge in [0.2, 0.25) is 5.91 Å². The number of amides is 1. The molecule has 3 nitrogen and oxygen atoms in total. The molecule has 1 unspecified atom stereocenters. The van der Waals surface area contributed by atoms with Crippen molar-refractivity contribution in [1.82, 2.24) is 10.6 Å². The van der Waals surface area contributed by atoms with Gasteiger partial charge in [-0.1, -0.05) is 29.8 Å². The number of carbonyl (C=O) groups is 1. The average Bonchev–Trinajstić information content (AvgIpc) is 2.63. The van der Waals surface area contributed by atoms with Crippen LogP contribution in [0.5, 0.6) is 0 Å². The van der Waals surface area contributed by atoms with Crippen molar-refractivity contribution in [1.29, 1.82) is 0 Å². The van der Waals surface area contributed by atoms with Gasteiger partial charge in [0.05, 0.1) is 0 Å². The minimum Gasteiger partial charge on any atom is -0.354 e. The quantitative estimate of drug-likeness (QED) is 0.813. The second-order valence-corrected chi connectivity index (χ2v) is 4.08. The van der Waals surface area contributed by atoms with Crippen LogP contribution in [0.1, 0.15) is 12.0 Å². The minimum atomic E-state index is 0.117. The first kappa shape index (κ1) is 10.5. The van der Waals surface area contributed by atoms with Crippen molar-refractivity contribution in [3.8, 4) is 0 Å². The highest BCUT2D eigenvalue weighted by Gasteiger charge is 2.20. The van der Waals surface area contributed by atoms with Gasteiger partial charge in [-0.2, -0.15) is 0 Å². The molecule has 0 spiro atoms. The largest absolute Gasteiger partial charge is 0.354 e. The van der Waals surface area contributed by atoms with E-state index in [2.05, 4.69) is 10.6 Å². The number of hydrogen-bond donors (Lipinski definition) is 2. The summed E-state index contributed by atoms with van der Waals surface area (Å²) in [7, 11) is 0. The summed E-state index contributed by atoms with van der Waals surface area (Å²) in [6.45, 7) is 1.42. The van der Waals surface area contributed by atoms with E-state index in [1.807, 2.05) is 24.3 Å². The van der Waals surface area contributed by atoms with E-state index in [-0.39, 0.29) is 11.9 Å². The molecule has 0 aromatic heterocycles. The van der Waals surface area contributed by atoms with E-state index in [1.54, 1.807) is 0 Å². The number of halogens is 1. The van der Waals surface area contributed by atoms with Crippen LogP contribution in [0.15, 0.2) is 24.3 Å². The molecule has 1 aromatic rings. The summed E-state index contributed by atoms with van der Waals surface area (Å²) >= 11 is 6.02. The summed E-state index contributed by atoms with van der Waals surface area (Å²) in [5.74, 6) is 0.117. The summed E-state index contributed by atoms with van der Waals surface area (Å²) in [5, 5.41) is 6.85. The summed E-state index contributed by atoms with van der Waals surface area (Å²) in [5.41, 5.74) is 1.07. The summed E-state index contributed by atoms with van der Waals surface area (Å²) in [4.78, 5) is 11.0. The molecule has 2 N–H and O–H groups in total. The van der Waals surface area contributed by atoms with Gasteiger partial charge in [-0.3, -0.25) is 4.79 Å². The van der Waals surface area contributed by atoms with Crippen molar-refractivity contribution < 1.29 is 4.79 Å². The Hall–Kier alpha value is -1.06. The smallest absolute Gasteiger partial charge is 0.221 e. The Morgan fingerprint density at radius 3 is 2.93 bits per heavy atom. The first-order chi connectivity index (χ1) is 7.25. The van der Waals surface area contributed by atoms with Gasteiger partial charge in [0.15, 0.2) is 0 Å². The van der Waals surface area contributed by atoms with Gasteiger partial charge in [-0.25, -0.2) is 0 Å². The van der Waals surface area contributed by atoms with Crippen LogP contribution in [-0.2, 0) is 11.3 Å². The number of nitrogens with one attached hydrogen (secondary N) is 2. The summed E-state index contributed by atoms with van der Waals surface area (Å²) < 4.78 is 0. The molecule has 1 aliphatic rings. The Labute approximate surface area is 93.8 Å². The van der Waals surface area contributed by atoms with E-state index in [9.17, 15) is 4.79 Å². The van der Waals surface area contributed by atoms with Crippen molar-refractivity contribution in [3.63, 3.8) is 0 Å². The monoisotopic (exact) mass is 224 g/mol. The van der Waals surface area contributed by atoms with Crippen LogP contribution in [0.3, 0.4) is 0 Å². The van der Waals surface area contributed by atoms with Crippen LogP contribution in [0.4, 0.5) is 0 Å². The van der Waals surface area contributed by atoms with Crippen LogP contribution in [-0.4, -0.2) is 18.5 Å². The number of benzene rings is 1. The fourth-order valence-electron chi connectivity index (χ4n) is 1.65. The van der Waals surface area contributed by atoms with E-state index in [1.165, 1.54) is 0 Å². The minimum absolute atomic E-state index is 0.117. The molecule has 2 rings (SSSR count). The Bertz CT molecular complexity index is 367. The zero-order chi connectivity index (χ0) is 10.7. The Kier molecular flexibility index (Phi) is 3.23. The standard InChI is InChI=1S/C11H13ClN2O/c12-10-4-2-1-3-8(10)6-13-9-5-11(15)14-7-9/h1-4,9,13H,5-7H2,(H,14,15). The third-order valence-electron chi connectivity index (χ3n) is 2.52. The predicted octanol–water partition coefficient (Wildman–Crippen LogP) is 1.32. The molecule has 0 aliphatic carbocycles. The van der Waals surface area contributed by atoms with Crippen LogP contribution < -0.4 is 10.6 Å². The first-order valence-electron chi connectivity index (χ1n) is 4.99. The Balaban J connectivity index is 1.88. The molecule has 15 heavy (non-hydrogen) atoms. The van der Waals surface area contributed by atoms with Crippen molar-refractivity contribution in [2.24, 2.45) is 0 Å². The number of carbonyl (C=O) groups excluding carboxylic acids is 1. The van der Waals surface area contributed by atoms with E-state index in [4.69, 9.17) is 11.6 Å². The molecule has 1 fully saturated rings. The van der Waals surface area contributed by atoms with Gasteiger partial charge in [0.1, 0.15) is 0 Å². The molecular weight excluding hydrogens is 212 g/mol. The maximum Gasteiger partial charge on any atom is 0.221 e. The van der Waals surface area contributed by atoms with Crippen molar-refractivity contribution in [2.45, 2.75) is 19.0 Å². The first-order valence-corrected chi connectivity index (χ1v) is 5.37. The Morgan fingerprint density at radius 2 is 2.27 bits per heavy atom. The molecule has 1 saturated heterocycles. The third-order valence-corrected chi connectivity index (χ3v) is 2.89. The molecule has 1 aromatic carbocycles. The average molecular weight is 225 g/mol. The highest BCUT2D eigenvalue weighted by Crippen LogP contribution is 2.14. The lowest BCUT2D eigenvalue weighted by atomic mass is 10.2. The Morgan fingerprint density at radius 1 is 1.47 bits per heavy atom. The predicted molar refractivity (Wildman–Crippen MR) is 59.7 cm³/mol. The van der Waals surface area contributed by atoms with E-state index >= 15 is 0 Å². The molecule has 80 valence electrons. The van der Waals surface area contributed by atoms with Crippen molar-refractivity contribution in [3.05, 3.63) is 34.9 Å². The second kappa shape index (κ2) is 4.64. The SMILES string of the molecule is O=C1CC(NCc2ccccc2Cl)CN1. The van der Waals surface area contributed by atoms with Crippen molar-refractivity contribution in [2.75, 3.05) is 6.54 Å². The van der Waals surface area contributed by atoms with E-state index in [0.717, 1.165) is 10.6 Å². The zero-order valence-corrected chi connectivity index (χ0v) is 9.05. The summed E-state index contributed by atoms with van der Waals surface area (Å²) in [6.07, 6.45) is 0.560. The lowest BCUT2D eigenvalue weighted by molar-refractivity contribution is -0.119. The van der Waals surface area contributed by atoms with Crippen LogP contribution in [0.2, 0.25) is 5.02 Å². The maximum atomic E-state index is 11.0. The fraction of sp³-hybridized carbons (Fsp3) is 0.364. The van der Waals surface area contributed by atoms with Crippen LogP contribution in [0, 0.1) is 0 Å². The second-order valence-electron chi connectivity index (χ2n) is 3.68. The highest BCUT2D eigenvalue weighted by atomic mass is 35.5. The highest BCUT2D eigenvalue weighted by molar-refractivity contribution is 6.31. The molecule has 1 amide bonds. The molecule has 1 aliphatic heterocycles. The summed E-state index contributed by atoms with van der Waals surface area (Å²) in [6, 6.07) is 7.96. The molecule has 4 heteroatoms.